The summed E-state index contributed by atoms with van der Waals surface area (Å²) in [6.07, 6.45) is 0.723. The standard InChI is InChI=1S/C16H17N2O/c1-3-13-8-10-14(11-9-13)18(16(17)19)15-7-5-4-6-12(15)2/h4-11H,1,3H2,2H3,(H2,17,19). The van der Waals surface area contributed by atoms with Gasteiger partial charge < -0.3 is 5.73 Å². The minimum Gasteiger partial charge on any atom is -0.351 e. The first-order valence-electron chi connectivity index (χ1n) is 6.17. The maximum Gasteiger partial charge on any atom is 0.323 e. The fourth-order valence-corrected chi connectivity index (χ4v) is 2.01. The third-order valence-electron chi connectivity index (χ3n) is 3.06. The van der Waals surface area contributed by atoms with Gasteiger partial charge in [0.1, 0.15) is 0 Å². The summed E-state index contributed by atoms with van der Waals surface area (Å²) < 4.78 is 0. The molecule has 0 atom stereocenters. The van der Waals surface area contributed by atoms with Gasteiger partial charge in [-0.25, -0.2) is 4.79 Å². The third-order valence-corrected chi connectivity index (χ3v) is 3.06. The van der Waals surface area contributed by atoms with Crippen LogP contribution in [0.5, 0.6) is 0 Å². The summed E-state index contributed by atoms with van der Waals surface area (Å²) in [5, 5.41) is 0. The highest BCUT2D eigenvalue weighted by Crippen LogP contribution is 2.28. The Bertz CT molecular complexity index is 576. The highest BCUT2D eigenvalue weighted by Gasteiger charge is 2.16. The summed E-state index contributed by atoms with van der Waals surface area (Å²) in [6, 6.07) is 14.9. The van der Waals surface area contributed by atoms with E-state index < -0.39 is 6.03 Å². The van der Waals surface area contributed by atoms with Crippen molar-refractivity contribution in [3.05, 3.63) is 66.6 Å². The number of hydrogen-bond donors (Lipinski definition) is 1. The number of carbonyl (C=O) groups excluding carboxylic acids is 1. The molecule has 2 rings (SSSR count). The molecule has 2 aromatic rings. The zero-order valence-corrected chi connectivity index (χ0v) is 11.0. The molecule has 0 bridgehead atoms. The van der Waals surface area contributed by atoms with Gasteiger partial charge in [-0.05, 0) is 49.6 Å². The molecule has 0 unspecified atom stereocenters. The molecule has 0 aliphatic rings. The van der Waals surface area contributed by atoms with Crippen LogP contribution in [-0.4, -0.2) is 6.03 Å². The molecule has 0 fully saturated rings. The Balaban J connectivity index is 2.46. The quantitative estimate of drug-likeness (QED) is 0.892. The molecule has 3 nitrogen and oxygen atoms in total. The Morgan fingerprint density at radius 2 is 1.79 bits per heavy atom. The molecule has 0 saturated heterocycles. The minimum atomic E-state index is -0.489. The number of primary amides is 1. The Kier molecular flexibility index (Phi) is 3.85. The molecule has 0 aromatic heterocycles. The van der Waals surface area contributed by atoms with E-state index in [0.717, 1.165) is 28.9 Å². The Morgan fingerprint density at radius 1 is 1.16 bits per heavy atom. The number of amides is 2. The second-order valence-corrected chi connectivity index (χ2v) is 4.38. The highest BCUT2D eigenvalue weighted by atomic mass is 16.2. The number of nitrogens with two attached hydrogens (primary N) is 1. The molecular formula is C16H17N2O. The predicted octanol–water partition coefficient (Wildman–Crippen LogP) is 3.59. The molecule has 3 heteroatoms. The number of rotatable bonds is 3. The van der Waals surface area contributed by atoms with Crippen LogP contribution in [0, 0.1) is 13.8 Å². The van der Waals surface area contributed by atoms with Gasteiger partial charge in [-0.2, -0.15) is 0 Å². The SMILES string of the molecule is [CH2]Cc1ccc(N(C(N)=O)c2ccccc2C)cc1. The van der Waals surface area contributed by atoms with Gasteiger partial charge in [0.05, 0.1) is 11.4 Å². The number of hydrogen-bond acceptors (Lipinski definition) is 1. The molecule has 0 aliphatic carbocycles. The lowest BCUT2D eigenvalue weighted by molar-refractivity contribution is 0.256. The molecule has 97 valence electrons. The van der Waals surface area contributed by atoms with Crippen molar-refractivity contribution in [1.82, 2.24) is 0 Å². The summed E-state index contributed by atoms with van der Waals surface area (Å²) in [4.78, 5) is 13.3. The summed E-state index contributed by atoms with van der Waals surface area (Å²) in [5.74, 6) is 0. The monoisotopic (exact) mass is 253 g/mol. The van der Waals surface area contributed by atoms with E-state index in [4.69, 9.17) is 5.73 Å². The van der Waals surface area contributed by atoms with Crippen molar-refractivity contribution < 1.29 is 4.79 Å². The van der Waals surface area contributed by atoms with Crippen molar-refractivity contribution in [3.63, 3.8) is 0 Å². The molecule has 19 heavy (non-hydrogen) atoms. The van der Waals surface area contributed by atoms with Crippen LogP contribution >= 0.6 is 0 Å². The van der Waals surface area contributed by atoms with Gasteiger partial charge in [0, 0.05) is 0 Å². The normalized spacial score (nSPS) is 10.2. The lowest BCUT2D eigenvalue weighted by Crippen LogP contribution is -2.31. The fourth-order valence-electron chi connectivity index (χ4n) is 2.01. The number of benzene rings is 2. The smallest absolute Gasteiger partial charge is 0.323 e. The van der Waals surface area contributed by atoms with E-state index in [0.29, 0.717) is 0 Å². The number of urea groups is 1. The Hall–Kier alpha value is -2.29. The fraction of sp³-hybridized carbons (Fsp3) is 0.125. The number of anilines is 2. The maximum atomic E-state index is 11.7. The van der Waals surface area contributed by atoms with Gasteiger partial charge in [-0.3, -0.25) is 4.90 Å². The van der Waals surface area contributed by atoms with Gasteiger partial charge in [-0.15, -0.1) is 0 Å². The van der Waals surface area contributed by atoms with Crippen molar-refractivity contribution in [2.45, 2.75) is 13.3 Å². The second kappa shape index (κ2) is 5.57. The van der Waals surface area contributed by atoms with Crippen LogP contribution < -0.4 is 10.6 Å². The number of para-hydroxylation sites is 1. The van der Waals surface area contributed by atoms with Gasteiger partial charge >= 0.3 is 6.03 Å². The predicted molar refractivity (Wildman–Crippen MR) is 78.4 cm³/mol. The zero-order valence-electron chi connectivity index (χ0n) is 11.0. The lowest BCUT2D eigenvalue weighted by Gasteiger charge is -2.22. The van der Waals surface area contributed by atoms with Gasteiger partial charge in [0.25, 0.3) is 0 Å². The Morgan fingerprint density at radius 3 is 2.32 bits per heavy atom. The molecule has 2 N–H and O–H groups in total. The molecule has 1 radical (unpaired) electrons. The van der Waals surface area contributed by atoms with Crippen LogP contribution in [0.15, 0.2) is 48.5 Å². The van der Waals surface area contributed by atoms with Gasteiger partial charge in [0.2, 0.25) is 0 Å². The number of nitrogens with zero attached hydrogens (tertiary/aromatic N) is 1. The first-order valence-corrected chi connectivity index (χ1v) is 6.17. The lowest BCUT2D eigenvalue weighted by atomic mass is 10.1. The van der Waals surface area contributed by atoms with Crippen molar-refractivity contribution in [2.24, 2.45) is 5.73 Å². The summed E-state index contributed by atoms with van der Waals surface area (Å²) in [7, 11) is 0. The number of carbonyl (C=O) groups is 1. The largest absolute Gasteiger partial charge is 0.351 e. The van der Waals surface area contributed by atoms with Crippen LogP contribution in [0.4, 0.5) is 16.2 Å². The summed E-state index contributed by atoms with van der Waals surface area (Å²) >= 11 is 0. The van der Waals surface area contributed by atoms with Crippen LogP contribution in [0.3, 0.4) is 0 Å². The third kappa shape index (κ3) is 2.76. The Labute approximate surface area is 113 Å². The zero-order chi connectivity index (χ0) is 13.8. The summed E-state index contributed by atoms with van der Waals surface area (Å²) in [6.45, 7) is 5.79. The number of aryl methyl sites for hydroxylation is 1. The molecule has 0 heterocycles. The van der Waals surface area contributed by atoms with E-state index in [2.05, 4.69) is 6.92 Å². The first-order chi connectivity index (χ1) is 9.13. The van der Waals surface area contributed by atoms with Gasteiger partial charge in [0.15, 0.2) is 0 Å². The van der Waals surface area contributed by atoms with E-state index in [-0.39, 0.29) is 0 Å². The molecule has 2 aromatic carbocycles. The van der Waals surface area contributed by atoms with Crippen LogP contribution in [0.2, 0.25) is 0 Å². The van der Waals surface area contributed by atoms with Crippen LogP contribution in [0.25, 0.3) is 0 Å². The van der Waals surface area contributed by atoms with Crippen molar-refractivity contribution in [2.75, 3.05) is 4.90 Å². The highest BCUT2D eigenvalue weighted by molar-refractivity contribution is 5.99. The van der Waals surface area contributed by atoms with E-state index in [1.54, 1.807) is 0 Å². The minimum absolute atomic E-state index is 0.489. The average Bonchev–Trinajstić information content (AvgIpc) is 2.42. The van der Waals surface area contributed by atoms with E-state index >= 15 is 0 Å². The first kappa shape index (κ1) is 13.1. The molecule has 0 spiro atoms. The average molecular weight is 253 g/mol. The summed E-state index contributed by atoms with van der Waals surface area (Å²) in [5.41, 5.74) is 9.21. The molecular weight excluding hydrogens is 236 g/mol. The molecule has 2 amide bonds. The van der Waals surface area contributed by atoms with Crippen molar-refractivity contribution in [1.29, 1.82) is 0 Å². The second-order valence-electron chi connectivity index (χ2n) is 4.38. The molecule has 0 saturated carbocycles. The van der Waals surface area contributed by atoms with E-state index in [1.807, 2.05) is 55.5 Å². The van der Waals surface area contributed by atoms with E-state index in [9.17, 15) is 4.79 Å². The molecule has 0 aliphatic heterocycles. The topological polar surface area (TPSA) is 46.3 Å². The van der Waals surface area contributed by atoms with Crippen molar-refractivity contribution in [3.8, 4) is 0 Å². The van der Waals surface area contributed by atoms with E-state index in [1.165, 1.54) is 4.90 Å². The van der Waals surface area contributed by atoms with Crippen LogP contribution in [0.1, 0.15) is 11.1 Å². The van der Waals surface area contributed by atoms with Crippen molar-refractivity contribution >= 4 is 17.4 Å². The van der Waals surface area contributed by atoms with Gasteiger partial charge in [-0.1, -0.05) is 30.3 Å². The maximum absolute atomic E-state index is 11.7. The van der Waals surface area contributed by atoms with Crippen LogP contribution in [-0.2, 0) is 6.42 Å².